The topological polar surface area (TPSA) is 115 Å². The minimum Gasteiger partial charge on any atom is -0.225 e. The lowest BCUT2D eigenvalue weighted by Crippen LogP contribution is -2.15. The quantitative estimate of drug-likeness (QED) is 0.881. The number of hydrogen-bond donors (Lipinski definition) is 2. The smallest absolute Gasteiger partial charge is 0.225 e. The van der Waals surface area contributed by atoms with E-state index >= 15 is 0 Å². The van der Waals surface area contributed by atoms with Gasteiger partial charge in [0.1, 0.15) is 0 Å². The summed E-state index contributed by atoms with van der Waals surface area (Å²) in [6, 6.07) is 5.13. The third-order valence-electron chi connectivity index (χ3n) is 3.73. The fourth-order valence-electron chi connectivity index (χ4n) is 2.87. The minimum atomic E-state index is -3.83. The van der Waals surface area contributed by atoms with E-state index < -0.39 is 10.0 Å². The average molecular weight is 293 g/mol. The van der Waals surface area contributed by atoms with Gasteiger partial charge in [-0.1, -0.05) is 25.0 Å². The summed E-state index contributed by atoms with van der Waals surface area (Å²) in [7, 11) is -3.83. The van der Waals surface area contributed by atoms with E-state index in [-0.39, 0.29) is 10.7 Å². The summed E-state index contributed by atoms with van der Waals surface area (Å²) >= 11 is 0. The zero-order valence-electron chi connectivity index (χ0n) is 10.8. The molecular formula is C12H15N5O2S. The molecule has 0 aliphatic heterocycles. The number of nitrogens with two attached hydrogens (primary N) is 1. The van der Waals surface area contributed by atoms with Crippen molar-refractivity contribution in [3.63, 3.8) is 0 Å². The van der Waals surface area contributed by atoms with Crippen molar-refractivity contribution in [1.82, 2.24) is 20.6 Å². The Morgan fingerprint density at radius 1 is 1.25 bits per heavy atom. The Morgan fingerprint density at radius 3 is 2.60 bits per heavy atom. The third-order valence-corrected chi connectivity index (χ3v) is 4.68. The van der Waals surface area contributed by atoms with Gasteiger partial charge in [0.15, 0.2) is 0 Å². The van der Waals surface area contributed by atoms with Crippen LogP contribution in [0.15, 0.2) is 23.1 Å². The van der Waals surface area contributed by atoms with E-state index in [9.17, 15) is 8.42 Å². The summed E-state index contributed by atoms with van der Waals surface area (Å²) in [6.07, 6.45) is 4.38. The lowest BCUT2D eigenvalue weighted by molar-refractivity contribution is 0.597. The minimum absolute atomic E-state index is 0.0586. The highest BCUT2D eigenvalue weighted by molar-refractivity contribution is 7.89. The van der Waals surface area contributed by atoms with E-state index in [0.29, 0.717) is 11.5 Å². The molecule has 2 aromatic rings. The molecule has 7 nitrogen and oxygen atoms in total. The Kier molecular flexibility index (Phi) is 3.27. The Morgan fingerprint density at radius 2 is 2.00 bits per heavy atom. The van der Waals surface area contributed by atoms with Crippen LogP contribution in [0.25, 0.3) is 11.4 Å². The monoisotopic (exact) mass is 293 g/mol. The molecule has 0 bridgehead atoms. The molecule has 1 aliphatic rings. The molecule has 0 radical (unpaired) electrons. The summed E-state index contributed by atoms with van der Waals surface area (Å²) in [5.74, 6) is 0.599. The molecule has 1 heterocycles. The van der Waals surface area contributed by atoms with Crippen LogP contribution in [0, 0.1) is 0 Å². The highest BCUT2D eigenvalue weighted by atomic mass is 32.2. The van der Waals surface area contributed by atoms with Crippen LogP contribution in [0.4, 0.5) is 0 Å². The highest BCUT2D eigenvalue weighted by Gasteiger charge is 2.27. The molecule has 1 fully saturated rings. The number of benzene rings is 1. The molecule has 0 unspecified atom stereocenters. The largest absolute Gasteiger partial charge is 0.238 e. The molecule has 106 valence electrons. The molecule has 0 atom stereocenters. The van der Waals surface area contributed by atoms with Gasteiger partial charge in [0.05, 0.1) is 4.90 Å². The Labute approximate surface area is 116 Å². The zero-order chi connectivity index (χ0) is 14.2. The number of nitrogens with zero attached hydrogens (tertiary/aromatic N) is 3. The summed E-state index contributed by atoms with van der Waals surface area (Å²) in [5, 5.41) is 19.0. The van der Waals surface area contributed by atoms with Crippen molar-refractivity contribution in [2.75, 3.05) is 0 Å². The Bertz CT molecular complexity index is 705. The first kappa shape index (κ1) is 13.2. The lowest BCUT2D eigenvalue weighted by atomic mass is 9.92. The van der Waals surface area contributed by atoms with E-state index in [4.69, 9.17) is 5.14 Å². The van der Waals surface area contributed by atoms with Gasteiger partial charge in [0.2, 0.25) is 15.8 Å². The first-order valence-electron chi connectivity index (χ1n) is 6.47. The Hall–Kier alpha value is -1.80. The number of rotatable bonds is 3. The first-order valence-corrected chi connectivity index (χ1v) is 8.01. The second-order valence-electron chi connectivity index (χ2n) is 4.98. The molecule has 0 amide bonds. The standard InChI is InChI=1S/C12H15N5O2S/c13-20(18,19)10-7-3-6-9(8-4-1-2-5-8)11(10)12-14-16-17-15-12/h3,6-8H,1-2,4-5H2,(H2,13,18,19)(H,14,15,16,17). The molecule has 1 aromatic heterocycles. The maximum Gasteiger partial charge on any atom is 0.238 e. The zero-order valence-corrected chi connectivity index (χ0v) is 11.6. The molecule has 1 aliphatic carbocycles. The van der Waals surface area contributed by atoms with Crippen LogP contribution >= 0.6 is 0 Å². The van der Waals surface area contributed by atoms with Crippen LogP contribution in [-0.2, 0) is 10.0 Å². The third kappa shape index (κ3) is 2.32. The molecule has 8 heteroatoms. The second-order valence-corrected chi connectivity index (χ2v) is 6.51. The molecule has 0 spiro atoms. The van der Waals surface area contributed by atoms with Crippen molar-refractivity contribution in [3.05, 3.63) is 23.8 Å². The first-order chi connectivity index (χ1) is 9.57. The SMILES string of the molecule is NS(=O)(=O)c1cccc(C2CCCC2)c1-c1nn[nH]n1. The normalized spacial score (nSPS) is 16.6. The molecule has 0 saturated heterocycles. The summed E-state index contributed by atoms with van der Waals surface area (Å²) in [6.45, 7) is 0. The Balaban J connectivity index is 2.25. The maximum absolute atomic E-state index is 11.8. The van der Waals surface area contributed by atoms with E-state index in [1.807, 2.05) is 6.07 Å². The lowest BCUT2D eigenvalue weighted by Gasteiger charge is -2.15. The van der Waals surface area contributed by atoms with Crippen LogP contribution in [0.3, 0.4) is 0 Å². The summed E-state index contributed by atoms with van der Waals surface area (Å²) in [4.78, 5) is 0.0586. The number of aromatic amines is 1. The van der Waals surface area contributed by atoms with Crippen LogP contribution in [-0.4, -0.2) is 29.0 Å². The van der Waals surface area contributed by atoms with Crippen LogP contribution in [0.5, 0.6) is 0 Å². The van der Waals surface area contributed by atoms with Gasteiger partial charge in [-0.15, -0.1) is 10.2 Å². The van der Waals surface area contributed by atoms with E-state index in [0.717, 1.165) is 31.2 Å². The van der Waals surface area contributed by atoms with Crippen molar-refractivity contribution in [1.29, 1.82) is 0 Å². The fraction of sp³-hybridized carbons (Fsp3) is 0.417. The average Bonchev–Trinajstić information content (AvgIpc) is 3.10. The van der Waals surface area contributed by atoms with Gasteiger partial charge in [0, 0.05) is 5.56 Å². The highest BCUT2D eigenvalue weighted by Crippen LogP contribution is 2.40. The number of H-pyrrole nitrogens is 1. The number of aromatic nitrogens is 4. The molecule has 3 rings (SSSR count). The summed E-state index contributed by atoms with van der Waals surface area (Å²) < 4.78 is 23.6. The van der Waals surface area contributed by atoms with E-state index in [1.54, 1.807) is 6.07 Å². The predicted octanol–water partition coefficient (Wildman–Crippen LogP) is 1.17. The number of primary sulfonamides is 1. The molecular weight excluding hydrogens is 278 g/mol. The summed E-state index contributed by atoms with van der Waals surface area (Å²) in [5.41, 5.74) is 1.42. The van der Waals surface area contributed by atoms with Gasteiger partial charge >= 0.3 is 0 Å². The number of hydrogen-bond acceptors (Lipinski definition) is 5. The second kappa shape index (κ2) is 4.95. The molecule has 20 heavy (non-hydrogen) atoms. The van der Waals surface area contributed by atoms with Gasteiger partial charge in [-0.25, -0.2) is 13.6 Å². The van der Waals surface area contributed by atoms with Gasteiger partial charge in [0.25, 0.3) is 0 Å². The van der Waals surface area contributed by atoms with Crippen molar-refractivity contribution < 1.29 is 8.42 Å². The molecule has 1 saturated carbocycles. The molecule has 1 aromatic carbocycles. The van der Waals surface area contributed by atoms with Gasteiger partial charge in [-0.05, 0) is 35.6 Å². The van der Waals surface area contributed by atoms with Crippen molar-refractivity contribution in [2.45, 2.75) is 36.5 Å². The van der Waals surface area contributed by atoms with E-state index in [1.165, 1.54) is 6.07 Å². The number of nitrogens with one attached hydrogen (secondary N) is 1. The number of sulfonamides is 1. The van der Waals surface area contributed by atoms with Crippen LogP contribution in [0.1, 0.15) is 37.2 Å². The number of tetrazole rings is 1. The molecule has 3 N–H and O–H groups in total. The maximum atomic E-state index is 11.8. The van der Waals surface area contributed by atoms with Gasteiger partial charge in [-0.3, -0.25) is 0 Å². The predicted molar refractivity (Wildman–Crippen MR) is 72.2 cm³/mol. The van der Waals surface area contributed by atoms with Crippen LogP contribution < -0.4 is 5.14 Å². The van der Waals surface area contributed by atoms with Gasteiger partial charge < -0.3 is 0 Å². The van der Waals surface area contributed by atoms with E-state index in [2.05, 4.69) is 20.6 Å². The van der Waals surface area contributed by atoms with Crippen LogP contribution in [0.2, 0.25) is 0 Å². The van der Waals surface area contributed by atoms with Crippen molar-refractivity contribution in [3.8, 4) is 11.4 Å². The van der Waals surface area contributed by atoms with Crippen molar-refractivity contribution >= 4 is 10.0 Å². The fourth-order valence-corrected chi connectivity index (χ4v) is 3.63. The van der Waals surface area contributed by atoms with Crippen molar-refractivity contribution in [2.24, 2.45) is 5.14 Å². The van der Waals surface area contributed by atoms with Gasteiger partial charge in [-0.2, -0.15) is 5.21 Å².